The highest BCUT2D eigenvalue weighted by Crippen LogP contribution is 2.05. The van der Waals surface area contributed by atoms with Gasteiger partial charge in [-0.2, -0.15) is 0 Å². The number of hydrogen-bond donors (Lipinski definition) is 1. The number of ether oxygens (including phenoxy) is 1. The first-order valence-electron chi connectivity index (χ1n) is 5.86. The average Bonchev–Trinajstić information content (AvgIpc) is 2.39. The summed E-state index contributed by atoms with van der Waals surface area (Å²) in [4.78, 5) is 10.8. The van der Waals surface area contributed by atoms with E-state index < -0.39 is 12.1 Å². The lowest BCUT2D eigenvalue weighted by molar-refractivity contribution is -0.134. The van der Waals surface area contributed by atoms with Gasteiger partial charge in [-0.1, -0.05) is 48.6 Å². The minimum Gasteiger partial charge on any atom is -0.466 e. The van der Waals surface area contributed by atoms with Crippen LogP contribution in [0, 0.1) is 0 Å². The second kappa shape index (κ2) is 8.25. The highest BCUT2D eigenvalue weighted by atomic mass is 16.5. The number of benzene rings is 1. The first-order chi connectivity index (χ1) is 8.72. The van der Waals surface area contributed by atoms with Crippen molar-refractivity contribution < 1.29 is 14.6 Å². The van der Waals surface area contributed by atoms with Crippen LogP contribution in [0.4, 0.5) is 0 Å². The molecular formula is C15H18O3. The van der Waals surface area contributed by atoms with Gasteiger partial charge >= 0.3 is 5.97 Å². The van der Waals surface area contributed by atoms with E-state index in [1.165, 1.54) is 13.2 Å². The van der Waals surface area contributed by atoms with Crippen molar-refractivity contribution >= 4 is 12.0 Å². The molecule has 0 saturated carbocycles. The lowest BCUT2D eigenvalue weighted by Crippen LogP contribution is -2.03. The Labute approximate surface area is 107 Å². The van der Waals surface area contributed by atoms with Crippen molar-refractivity contribution in [3.05, 3.63) is 54.1 Å². The molecule has 1 aromatic rings. The Morgan fingerprint density at radius 3 is 2.61 bits per heavy atom. The maximum absolute atomic E-state index is 10.8. The van der Waals surface area contributed by atoms with Crippen molar-refractivity contribution in [1.29, 1.82) is 0 Å². The zero-order chi connectivity index (χ0) is 13.2. The van der Waals surface area contributed by atoms with Gasteiger partial charge in [0.15, 0.2) is 0 Å². The Balaban J connectivity index is 2.29. The van der Waals surface area contributed by atoms with Crippen LogP contribution >= 0.6 is 0 Å². The third-order valence-corrected chi connectivity index (χ3v) is 2.38. The van der Waals surface area contributed by atoms with Gasteiger partial charge in [-0.05, 0) is 18.4 Å². The molecule has 0 fully saturated rings. The van der Waals surface area contributed by atoms with Crippen LogP contribution < -0.4 is 0 Å². The van der Waals surface area contributed by atoms with Crippen molar-refractivity contribution in [2.24, 2.45) is 0 Å². The molecule has 0 bridgehead atoms. The Morgan fingerprint density at radius 1 is 1.28 bits per heavy atom. The van der Waals surface area contributed by atoms with Crippen molar-refractivity contribution in [3.8, 4) is 0 Å². The zero-order valence-electron chi connectivity index (χ0n) is 10.5. The van der Waals surface area contributed by atoms with Gasteiger partial charge in [-0.15, -0.1) is 0 Å². The van der Waals surface area contributed by atoms with E-state index in [4.69, 9.17) is 0 Å². The number of esters is 1. The number of methoxy groups -OCH3 is 1. The highest BCUT2D eigenvalue weighted by molar-refractivity contribution is 5.81. The fourth-order valence-corrected chi connectivity index (χ4v) is 1.41. The van der Waals surface area contributed by atoms with E-state index in [0.29, 0.717) is 12.8 Å². The van der Waals surface area contributed by atoms with E-state index in [9.17, 15) is 9.90 Å². The summed E-state index contributed by atoms with van der Waals surface area (Å²) < 4.78 is 4.45. The fraction of sp³-hybridized carbons (Fsp3) is 0.267. The smallest absolute Gasteiger partial charge is 0.330 e. The van der Waals surface area contributed by atoms with Crippen LogP contribution in [0.25, 0.3) is 6.08 Å². The second-order valence-corrected chi connectivity index (χ2v) is 3.86. The van der Waals surface area contributed by atoms with Gasteiger partial charge in [0.05, 0.1) is 13.2 Å². The highest BCUT2D eigenvalue weighted by Gasteiger charge is 1.99. The van der Waals surface area contributed by atoms with Crippen LogP contribution in [-0.4, -0.2) is 24.3 Å². The minimum absolute atomic E-state index is 0.401. The van der Waals surface area contributed by atoms with Crippen LogP contribution in [0.3, 0.4) is 0 Å². The third kappa shape index (κ3) is 6.01. The van der Waals surface area contributed by atoms with E-state index in [1.807, 2.05) is 42.5 Å². The maximum Gasteiger partial charge on any atom is 0.330 e. The lowest BCUT2D eigenvalue weighted by Gasteiger charge is -2.03. The molecule has 1 N–H and O–H groups in total. The number of hydrogen-bond acceptors (Lipinski definition) is 3. The minimum atomic E-state index is -0.481. The van der Waals surface area contributed by atoms with Crippen LogP contribution in [0.2, 0.25) is 0 Å². The van der Waals surface area contributed by atoms with Crippen LogP contribution in [-0.2, 0) is 9.53 Å². The predicted molar refractivity (Wildman–Crippen MR) is 71.9 cm³/mol. The molecule has 96 valence electrons. The molecule has 0 aliphatic carbocycles. The molecule has 3 heteroatoms. The molecule has 0 aliphatic rings. The molecular weight excluding hydrogens is 228 g/mol. The Morgan fingerprint density at radius 2 is 1.94 bits per heavy atom. The summed E-state index contributed by atoms with van der Waals surface area (Å²) in [6, 6.07) is 9.90. The SMILES string of the molecule is COC(=O)/C=C/C[C@H](O)C/C=C/c1ccccc1. The lowest BCUT2D eigenvalue weighted by atomic mass is 10.1. The van der Waals surface area contributed by atoms with E-state index in [1.54, 1.807) is 6.08 Å². The fourth-order valence-electron chi connectivity index (χ4n) is 1.41. The largest absolute Gasteiger partial charge is 0.466 e. The van der Waals surface area contributed by atoms with Crippen molar-refractivity contribution in [2.45, 2.75) is 18.9 Å². The van der Waals surface area contributed by atoms with Gasteiger partial charge in [0.1, 0.15) is 0 Å². The molecule has 0 saturated heterocycles. The van der Waals surface area contributed by atoms with Gasteiger partial charge in [0, 0.05) is 6.08 Å². The maximum atomic E-state index is 10.8. The Kier molecular flexibility index (Phi) is 6.51. The summed E-state index contributed by atoms with van der Waals surface area (Å²) in [5.41, 5.74) is 1.11. The van der Waals surface area contributed by atoms with Crippen molar-refractivity contribution in [1.82, 2.24) is 0 Å². The van der Waals surface area contributed by atoms with Crippen LogP contribution in [0.1, 0.15) is 18.4 Å². The molecule has 3 nitrogen and oxygen atoms in total. The quantitative estimate of drug-likeness (QED) is 0.620. The average molecular weight is 246 g/mol. The first-order valence-corrected chi connectivity index (χ1v) is 5.86. The topological polar surface area (TPSA) is 46.5 Å². The monoisotopic (exact) mass is 246 g/mol. The molecule has 1 rings (SSSR count). The number of carbonyl (C=O) groups is 1. The normalized spacial score (nSPS) is 13.0. The molecule has 0 heterocycles. The van der Waals surface area contributed by atoms with Gasteiger partial charge in [0.2, 0.25) is 0 Å². The van der Waals surface area contributed by atoms with E-state index in [0.717, 1.165) is 5.56 Å². The number of rotatable bonds is 6. The summed E-state index contributed by atoms with van der Waals surface area (Å²) >= 11 is 0. The standard InChI is InChI=1S/C15H18O3/c1-18-15(17)12-6-11-14(16)10-5-9-13-7-3-2-4-8-13/h2-9,12,14,16H,10-11H2,1H3/b9-5+,12-6+/t14-/m1/s1. The molecule has 1 atom stereocenters. The number of aliphatic hydroxyl groups excluding tert-OH is 1. The van der Waals surface area contributed by atoms with Gasteiger partial charge in [0.25, 0.3) is 0 Å². The van der Waals surface area contributed by atoms with Crippen molar-refractivity contribution in [3.63, 3.8) is 0 Å². The van der Waals surface area contributed by atoms with E-state index >= 15 is 0 Å². The first kappa shape index (κ1) is 14.2. The zero-order valence-corrected chi connectivity index (χ0v) is 10.5. The molecule has 0 unspecified atom stereocenters. The molecule has 0 amide bonds. The third-order valence-electron chi connectivity index (χ3n) is 2.38. The number of carbonyl (C=O) groups excluding carboxylic acids is 1. The summed E-state index contributed by atoms with van der Waals surface area (Å²) in [5.74, 6) is -0.401. The van der Waals surface area contributed by atoms with Gasteiger partial charge in [-0.3, -0.25) is 0 Å². The molecule has 1 aromatic carbocycles. The van der Waals surface area contributed by atoms with Gasteiger partial charge < -0.3 is 9.84 Å². The number of aliphatic hydroxyl groups is 1. The Bertz CT molecular complexity index is 407. The molecule has 0 radical (unpaired) electrons. The summed E-state index contributed by atoms with van der Waals surface area (Å²) in [6.07, 6.45) is 7.34. The van der Waals surface area contributed by atoms with E-state index in [-0.39, 0.29) is 0 Å². The van der Waals surface area contributed by atoms with Gasteiger partial charge in [-0.25, -0.2) is 4.79 Å². The van der Waals surface area contributed by atoms with Crippen molar-refractivity contribution in [2.75, 3.05) is 7.11 Å². The van der Waals surface area contributed by atoms with E-state index in [2.05, 4.69) is 4.74 Å². The molecule has 0 spiro atoms. The summed E-state index contributed by atoms with van der Waals surface area (Å²) in [7, 11) is 1.33. The Hall–Kier alpha value is -1.87. The predicted octanol–water partition coefficient (Wildman–Crippen LogP) is 2.57. The molecule has 0 aliphatic heterocycles. The summed E-state index contributed by atoms with van der Waals surface area (Å²) in [6.45, 7) is 0. The summed E-state index contributed by atoms with van der Waals surface area (Å²) in [5, 5.41) is 9.66. The van der Waals surface area contributed by atoms with Crippen LogP contribution in [0.15, 0.2) is 48.6 Å². The molecule has 0 aromatic heterocycles. The molecule has 18 heavy (non-hydrogen) atoms. The van der Waals surface area contributed by atoms with Crippen LogP contribution in [0.5, 0.6) is 0 Å². The second-order valence-electron chi connectivity index (χ2n) is 3.86.